The lowest BCUT2D eigenvalue weighted by atomic mass is 9.77. The van der Waals surface area contributed by atoms with Gasteiger partial charge in [0.05, 0.1) is 25.9 Å². The van der Waals surface area contributed by atoms with Crippen LogP contribution in [-0.2, 0) is 0 Å². The number of para-hydroxylation sites is 1. The fourth-order valence-corrected chi connectivity index (χ4v) is 4.71. The number of nitrogens with zero attached hydrogens (tertiary/aromatic N) is 1. The highest BCUT2D eigenvalue weighted by molar-refractivity contribution is 5.85. The van der Waals surface area contributed by atoms with Gasteiger partial charge in [-0.1, -0.05) is 42.5 Å². The van der Waals surface area contributed by atoms with Crippen LogP contribution in [0.5, 0.6) is 11.5 Å². The summed E-state index contributed by atoms with van der Waals surface area (Å²) in [6.07, 6.45) is 7.64. The maximum Gasteiger partial charge on any atom is 0.131 e. The second kappa shape index (κ2) is 8.31. The number of allylic oxidation sites excluding steroid dienone is 2. The normalized spacial score (nSPS) is 21.4. The van der Waals surface area contributed by atoms with E-state index in [1.165, 1.54) is 16.8 Å². The number of aliphatic imine (C=N–C) groups is 1. The SMILES string of the molecule is COc1ccc(C=Nc2ccc([C@@H]3Nc4ccccc4[C@@H]4C=CC[C@@H]43)cc2)c(OC)c1. The van der Waals surface area contributed by atoms with Crippen molar-refractivity contribution < 1.29 is 9.47 Å². The number of benzene rings is 3. The molecular formula is C27H26N2O2. The molecule has 0 fully saturated rings. The molecule has 0 saturated carbocycles. The Labute approximate surface area is 183 Å². The molecule has 0 saturated heterocycles. The van der Waals surface area contributed by atoms with Crippen LogP contribution in [0.15, 0.2) is 83.9 Å². The van der Waals surface area contributed by atoms with Crippen molar-refractivity contribution in [3.8, 4) is 11.5 Å². The van der Waals surface area contributed by atoms with E-state index in [4.69, 9.17) is 9.47 Å². The summed E-state index contributed by atoms with van der Waals surface area (Å²) in [4.78, 5) is 4.65. The Bertz CT molecular complexity index is 1130. The summed E-state index contributed by atoms with van der Waals surface area (Å²) in [6.45, 7) is 0. The zero-order valence-corrected chi connectivity index (χ0v) is 17.8. The standard InChI is InChI=1S/C27H26N2O2/c1-30-21-15-12-19(26(16-21)31-2)17-28-20-13-10-18(11-14-20)27-24-8-5-7-22(24)23-6-3-4-9-25(23)29-27/h3-7,9-17,22,24,27,29H,8H2,1-2H3/t22-,24-,27-/m0/s1. The minimum atomic E-state index is 0.301. The van der Waals surface area contributed by atoms with Crippen LogP contribution in [0.3, 0.4) is 0 Å². The molecule has 1 aliphatic heterocycles. The minimum Gasteiger partial charge on any atom is -0.497 e. The van der Waals surface area contributed by atoms with Gasteiger partial charge in [0.1, 0.15) is 11.5 Å². The highest BCUT2D eigenvalue weighted by Crippen LogP contribution is 2.49. The average molecular weight is 411 g/mol. The molecule has 1 heterocycles. The number of ether oxygens (including phenoxy) is 2. The lowest BCUT2D eigenvalue weighted by molar-refractivity contribution is 0.394. The van der Waals surface area contributed by atoms with Gasteiger partial charge in [-0.2, -0.15) is 0 Å². The highest BCUT2D eigenvalue weighted by Gasteiger charge is 2.37. The molecule has 3 aromatic carbocycles. The topological polar surface area (TPSA) is 42.8 Å². The van der Waals surface area contributed by atoms with Crippen molar-refractivity contribution in [2.45, 2.75) is 18.4 Å². The number of hydrogen-bond acceptors (Lipinski definition) is 4. The third-order valence-corrected chi connectivity index (χ3v) is 6.32. The quantitative estimate of drug-likeness (QED) is 0.397. The van der Waals surface area contributed by atoms with Gasteiger partial charge in [0, 0.05) is 29.4 Å². The van der Waals surface area contributed by atoms with Crippen molar-refractivity contribution in [3.63, 3.8) is 0 Å². The van der Waals surface area contributed by atoms with Gasteiger partial charge in [-0.3, -0.25) is 4.99 Å². The number of rotatable bonds is 5. The van der Waals surface area contributed by atoms with Crippen molar-refractivity contribution in [3.05, 3.63) is 95.6 Å². The van der Waals surface area contributed by atoms with Crippen molar-refractivity contribution in [1.82, 2.24) is 0 Å². The third-order valence-electron chi connectivity index (χ3n) is 6.32. The van der Waals surface area contributed by atoms with Crippen molar-refractivity contribution in [2.75, 3.05) is 19.5 Å². The fourth-order valence-electron chi connectivity index (χ4n) is 4.71. The van der Waals surface area contributed by atoms with E-state index in [0.29, 0.717) is 17.9 Å². The molecule has 5 rings (SSSR count). The fraction of sp³-hybridized carbons (Fsp3) is 0.222. The lowest BCUT2D eigenvalue weighted by Crippen LogP contribution is -2.28. The zero-order chi connectivity index (χ0) is 21.2. The van der Waals surface area contributed by atoms with Crippen LogP contribution in [0.25, 0.3) is 0 Å². The van der Waals surface area contributed by atoms with E-state index in [1.807, 2.05) is 24.4 Å². The summed E-state index contributed by atoms with van der Waals surface area (Å²) in [6, 6.07) is 23.3. The summed E-state index contributed by atoms with van der Waals surface area (Å²) in [7, 11) is 3.30. The highest BCUT2D eigenvalue weighted by atomic mass is 16.5. The van der Waals surface area contributed by atoms with Crippen molar-refractivity contribution in [1.29, 1.82) is 0 Å². The maximum absolute atomic E-state index is 5.46. The minimum absolute atomic E-state index is 0.301. The van der Waals surface area contributed by atoms with Gasteiger partial charge in [-0.15, -0.1) is 0 Å². The van der Waals surface area contributed by atoms with E-state index in [-0.39, 0.29) is 0 Å². The average Bonchev–Trinajstić information content (AvgIpc) is 3.33. The molecule has 0 amide bonds. The number of methoxy groups -OCH3 is 2. The Morgan fingerprint density at radius 1 is 0.968 bits per heavy atom. The van der Waals surface area contributed by atoms with E-state index < -0.39 is 0 Å². The molecule has 0 bridgehead atoms. The van der Waals surface area contributed by atoms with Gasteiger partial charge in [-0.05, 0) is 53.8 Å². The predicted molar refractivity (Wildman–Crippen MR) is 126 cm³/mol. The molecule has 3 aromatic rings. The van der Waals surface area contributed by atoms with Crippen molar-refractivity contribution >= 4 is 17.6 Å². The zero-order valence-electron chi connectivity index (χ0n) is 17.8. The van der Waals surface area contributed by atoms with Gasteiger partial charge in [-0.25, -0.2) is 0 Å². The molecule has 1 N–H and O–H groups in total. The van der Waals surface area contributed by atoms with Crippen LogP contribution in [-0.4, -0.2) is 20.4 Å². The molecule has 0 spiro atoms. The Kier molecular flexibility index (Phi) is 5.21. The number of anilines is 1. The van der Waals surface area contributed by atoms with E-state index in [0.717, 1.165) is 29.2 Å². The predicted octanol–water partition coefficient (Wildman–Crippen LogP) is 6.28. The van der Waals surface area contributed by atoms with Crippen LogP contribution < -0.4 is 14.8 Å². The number of hydrogen-bond donors (Lipinski definition) is 1. The van der Waals surface area contributed by atoms with Crippen LogP contribution in [0, 0.1) is 5.92 Å². The van der Waals surface area contributed by atoms with Crippen LogP contribution in [0.2, 0.25) is 0 Å². The molecule has 0 radical (unpaired) electrons. The third kappa shape index (κ3) is 3.70. The first-order chi connectivity index (χ1) is 15.3. The van der Waals surface area contributed by atoms with E-state index in [1.54, 1.807) is 14.2 Å². The van der Waals surface area contributed by atoms with Gasteiger partial charge in [0.2, 0.25) is 0 Å². The van der Waals surface area contributed by atoms with Crippen LogP contribution in [0.4, 0.5) is 11.4 Å². The lowest BCUT2D eigenvalue weighted by Gasteiger charge is -2.37. The van der Waals surface area contributed by atoms with E-state index in [9.17, 15) is 0 Å². The van der Waals surface area contributed by atoms with Gasteiger partial charge < -0.3 is 14.8 Å². The summed E-state index contributed by atoms with van der Waals surface area (Å²) in [5, 5.41) is 3.78. The molecule has 31 heavy (non-hydrogen) atoms. The molecule has 0 unspecified atom stereocenters. The second-order valence-electron chi connectivity index (χ2n) is 8.02. The van der Waals surface area contributed by atoms with Crippen molar-refractivity contribution in [2.24, 2.45) is 10.9 Å². The number of fused-ring (bicyclic) bond motifs is 3. The summed E-state index contributed by atoms with van der Waals surface area (Å²) in [5.41, 5.74) is 5.78. The van der Waals surface area contributed by atoms with E-state index >= 15 is 0 Å². The first kappa shape index (κ1) is 19.4. The molecular weight excluding hydrogens is 384 g/mol. The largest absolute Gasteiger partial charge is 0.497 e. The Balaban J connectivity index is 1.37. The Morgan fingerprint density at radius 3 is 2.61 bits per heavy atom. The van der Waals surface area contributed by atoms with Gasteiger partial charge >= 0.3 is 0 Å². The Morgan fingerprint density at radius 2 is 1.81 bits per heavy atom. The molecule has 4 heteroatoms. The van der Waals surface area contributed by atoms with E-state index in [2.05, 4.69) is 71.0 Å². The Hall–Kier alpha value is -3.53. The van der Waals surface area contributed by atoms with Crippen LogP contribution >= 0.6 is 0 Å². The monoisotopic (exact) mass is 410 g/mol. The first-order valence-corrected chi connectivity index (χ1v) is 10.6. The first-order valence-electron chi connectivity index (χ1n) is 10.6. The molecule has 156 valence electrons. The second-order valence-corrected chi connectivity index (χ2v) is 8.02. The van der Waals surface area contributed by atoms with Crippen LogP contribution in [0.1, 0.15) is 35.1 Å². The molecule has 3 atom stereocenters. The summed E-state index contributed by atoms with van der Waals surface area (Å²) >= 11 is 0. The molecule has 4 nitrogen and oxygen atoms in total. The molecule has 0 aromatic heterocycles. The molecule has 2 aliphatic rings. The molecule has 1 aliphatic carbocycles. The van der Waals surface area contributed by atoms with Gasteiger partial charge in [0.25, 0.3) is 0 Å². The summed E-state index contributed by atoms with van der Waals surface area (Å²) in [5.74, 6) is 2.54. The smallest absolute Gasteiger partial charge is 0.131 e. The maximum atomic E-state index is 5.46. The summed E-state index contributed by atoms with van der Waals surface area (Å²) < 4.78 is 10.7. The van der Waals surface area contributed by atoms with Gasteiger partial charge in [0.15, 0.2) is 0 Å². The number of nitrogens with one attached hydrogen (secondary N) is 1.